The van der Waals surface area contributed by atoms with E-state index < -0.39 is 11.0 Å². The highest BCUT2D eigenvalue weighted by Crippen LogP contribution is 2.32. The number of aromatic nitrogens is 3. The van der Waals surface area contributed by atoms with Gasteiger partial charge in [-0.25, -0.2) is 9.19 Å². The average molecular weight is 485 g/mol. The smallest absolute Gasteiger partial charge is 0.170 e. The van der Waals surface area contributed by atoms with Crippen molar-refractivity contribution in [1.29, 1.82) is 5.41 Å². The molecule has 0 amide bonds. The summed E-state index contributed by atoms with van der Waals surface area (Å²) in [6.45, 7) is 0. The van der Waals surface area contributed by atoms with E-state index in [1.54, 1.807) is 34.7 Å². The fourth-order valence-electron chi connectivity index (χ4n) is 3.50. The van der Waals surface area contributed by atoms with Gasteiger partial charge in [0, 0.05) is 51.5 Å². The number of nitrogens with zero attached hydrogens (tertiary/aromatic N) is 3. The van der Waals surface area contributed by atoms with Crippen molar-refractivity contribution in [1.82, 2.24) is 14.2 Å². The van der Waals surface area contributed by atoms with Crippen LogP contribution in [0.3, 0.4) is 0 Å². The molecular weight excluding hydrogens is 464 g/mol. The molecule has 9 heteroatoms. The first-order valence-electron chi connectivity index (χ1n) is 10.4. The minimum atomic E-state index is -1.50. The molecule has 0 fully saturated rings. The number of nitrogens with two attached hydrogens (primary N) is 1. The van der Waals surface area contributed by atoms with Gasteiger partial charge in [-0.05, 0) is 48.0 Å². The van der Waals surface area contributed by atoms with Gasteiger partial charge in [-0.3, -0.25) is 0 Å². The van der Waals surface area contributed by atoms with E-state index in [2.05, 4.69) is 14.8 Å². The highest BCUT2D eigenvalue weighted by molar-refractivity contribution is 7.97. The summed E-state index contributed by atoms with van der Waals surface area (Å²) in [6.07, 6.45) is 4.71. The molecule has 0 radical (unpaired) electrons. The van der Waals surface area contributed by atoms with Crippen molar-refractivity contribution < 1.29 is 4.21 Å². The lowest BCUT2D eigenvalue weighted by Crippen LogP contribution is -2.08. The molecule has 0 aliphatic heterocycles. The Hall–Kier alpha value is -3.95. The Labute approximate surface area is 203 Å². The molecule has 0 spiro atoms. The number of nitrogen functional groups attached to an aromatic ring is 1. The van der Waals surface area contributed by atoms with Crippen molar-refractivity contribution >= 4 is 51.6 Å². The van der Waals surface area contributed by atoms with Gasteiger partial charge in [0.15, 0.2) is 5.65 Å². The van der Waals surface area contributed by atoms with E-state index >= 15 is 0 Å². The van der Waals surface area contributed by atoms with Crippen LogP contribution in [0.5, 0.6) is 0 Å². The first kappa shape index (κ1) is 21.9. The maximum atomic E-state index is 12.8. The molecule has 0 aliphatic carbocycles. The van der Waals surface area contributed by atoms with Crippen molar-refractivity contribution in [3.8, 4) is 11.1 Å². The van der Waals surface area contributed by atoms with Gasteiger partial charge in [0.05, 0.1) is 16.8 Å². The van der Waals surface area contributed by atoms with E-state index in [4.69, 9.17) is 11.1 Å². The Balaban J connectivity index is 1.49. The minimum absolute atomic E-state index is 0.412. The highest BCUT2D eigenvalue weighted by atomic mass is 32.2. The zero-order chi connectivity index (χ0) is 23.5. The molecule has 5 rings (SSSR count). The van der Waals surface area contributed by atoms with Crippen LogP contribution in [0, 0.1) is 5.41 Å². The van der Waals surface area contributed by atoms with Crippen LogP contribution in [0.15, 0.2) is 101 Å². The molecule has 0 saturated carbocycles. The van der Waals surface area contributed by atoms with Crippen LogP contribution in [-0.2, 0) is 11.0 Å². The van der Waals surface area contributed by atoms with Crippen LogP contribution in [-0.4, -0.2) is 24.6 Å². The van der Waals surface area contributed by atoms with Crippen LogP contribution in [0.25, 0.3) is 22.2 Å². The second-order valence-corrected chi connectivity index (χ2v) is 9.63. The summed E-state index contributed by atoms with van der Waals surface area (Å²) in [5.41, 5.74) is 10.1. The number of hydrogen-bond donors (Lipinski definition) is 3. The van der Waals surface area contributed by atoms with E-state index in [9.17, 15) is 4.21 Å². The van der Waals surface area contributed by atoms with Crippen LogP contribution < -0.4 is 10.5 Å². The van der Waals surface area contributed by atoms with Crippen molar-refractivity contribution in [3.63, 3.8) is 0 Å². The van der Waals surface area contributed by atoms with E-state index in [0.717, 1.165) is 33.3 Å². The lowest BCUT2D eigenvalue weighted by Gasteiger charge is -2.14. The molecule has 2 heterocycles. The predicted molar refractivity (Wildman–Crippen MR) is 139 cm³/mol. The molecule has 168 valence electrons. The molecule has 1 unspecified atom stereocenters. The fourth-order valence-corrected chi connectivity index (χ4v) is 5.20. The fraction of sp³-hybridized carbons (Fsp3) is 0. The number of anilines is 2. The maximum Gasteiger partial charge on any atom is 0.170 e. The van der Waals surface area contributed by atoms with Crippen molar-refractivity contribution in [3.05, 3.63) is 96.8 Å². The SMILES string of the molecule is N=Cc1c(N)cc(-c2cnc3c(cnn3Sc3ccccc3)c2)cc1NS(=O)c1ccccc1. The van der Waals surface area contributed by atoms with E-state index in [0.29, 0.717) is 21.8 Å². The quantitative estimate of drug-likeness (QED) is 0.213. The summed E-state index contributed by atoms with van der Waals surface area (Å²) in [7, 11) is -1.50. The number of benzene rings is 3. The molecule has 1 atom stereocenters. The third kappa shape index (κ3) is 4.43. The molecule has 4 N–H and O–H groups in total. The first-order chi connectivity index (χ1) is 16.6. The lowest BCUT2D eigenvalue weighted by molar-refractivity contribution is 0.686. The van der Waals surface area contributed by atoms with E-state index in [1.165, 1.54) is 11.9 Å². The Bertz CT molecular complexity index is 1500. The Morgan fingerprint density at radius 1 is 0.971 bits per heavy atom. The van der Waals surface area contributed by atoms with Gasteiger partial charge >= 0.3 is 0 Å². The van der Waals surface area contributed by atoms with Crippen molar-refractivity contribution in [2.24, 2.45) is 0 Å². The summed E-state index contributed by atoms with van der Waals surface area (Å²) >= 11 is 1.49. The summed E-state index contributed by atoms with van der Waals surface area (Å²) in [5.74, 6) is 0. The third-order valence-corrected chi connectivity index (χ3v) is 7.19. The molecule has 2 aromatic heterocycles. The number of pyridine rings is 1. The number of rotatable bonds is 7. The second kappa shape index (κ2) is 9.50. The zero-order valence-corrected chi connectivity index (χ0v) is 19.5. The molecule has 0 aliphatic rings. The molecule has 7 nitrogen and oxygen atoms in total. The molecule has 0 bridgehead atoms. The first-order valence-corrected chi connectivity index (χ1v) is 12.3. The monoisotopic (exact) mass is 484 g/mol. The summed E-state index contributed by atoms with van der Waals surface area (Å²) in [5, 5.41) is 13.1. The Morgan fingerprint density at radius 3 is 2.44 bits per heavy atom. The minimum Gasteiger partial charge on any atom is -0.398 e. The number of nitrogens with one attached hydrogen (secondary N) is 2. The third-order valence-electron chi connectivity index (χ3n) is 5.16. The Morgan fingerprint density at radius 2 is 1.71 bits per heavy atom. The van der Waals surface area contributed by atoms with E-state index in [1.807, 2.05) is 60.7 Å². The second-order valence-electron chi connectivity index (χ2n) is 7.41. The normalized spacial score (nSPS) is 11.9. The van der Waals surface area contributed by atoms with Gasteiger partial charge in [0.25, 0.3) is 0 Å². The molecule has 0 saturated heterocycles. The maximum absolute atomic E-state index is 12.8. The van der Waals surface area contributed by atoms with Gasteiger partial charge < -0.3 is 15.9 Å². The molecule has 5 aromatic rings. The standard InChI is InChI=1S/C25H20N6OS2/c26-14-22-23(27)12-17(13-24(22)30-34(32)21-9-5-2-6-10-21)18-11-19-16-29-31(25(19)28-15-18)33-20-7-3-1-4-8-20/h1-16,26,30H,27H2. The summed E-state index contributed by atoms with van der Waals surface area (Å²) in [4.78, 5) is 6.34. The van der Waals surface area contributed by atoms with Gasteiger partial charge in [-0.1, -0.05) is 36.4 Å². The Kier molecular flexibility index (Phi) is 6.11. The van der Waals surface area contributed by atoms with Crippen molar-refractivity contribution in [2.45, 2.75) is 9.79 Å². The van der Waals surface area contributed by atoms with E-state index in [-0.39, 0.29) is 0 Å². The average Bonchev–Trinajstić information content (AvgIpc) is 3.27. The van der Waals surface area contributed by atoms with Crippen LogP contribution in [0.1, 0.15) is 5.56 Å². The van der Waals surface area contributed by atoms with Gasteiger partial charge in [-0.15, -0.1) is 0 Å². The van der Waals surface area contributed by atoms with Gasteiger partial charge in [0.1, 0.15) is 11.0 Å². The molecular formula is C25H20N6OS2. The number of fused-ring (bicyclic) bond motifs is 1. The summed E-state index contributed by atoms with van der Waals surface area (Å²) in [6, 6.07) is 24.7. The molecule has 34 heavy (non-hydrogen) atoms. The topological polar surface area (TPSA) is 110 Å². The highest BCUT2D eigenvalue weighted by Gasteiger charge is 2.14. The zero-order valence-electron chi connectivity index (χ0n) is 17.9. The van der Waals surface area contributed by atoms with Crippen LogP contribution in [0.2, 0.25) is 0 Å². The van der Waals surface area contributed by atoms with Crippen LogP contribution in [0.4, 0.5) is 11.4 Å². The summed E-state index contributed by atoms with van der Waals surface area (Å²) < 4.78 is 17.6. The van der Waals surface area contributed by atoms with Crippen LogP contribution >= 0.6 is 11.9 Å². The molecule has 3 aromatic carbocycles. The predicted octanol–water partition coefficient (Wildman–Crippen LogP) is 5.37. The lowest BCUT2D eigenvalue weighted by atomic mass is 10.0. The largest absolute Gasteiger partial charge is 0.398 e. The van der Waals surface area contributed by atoms with Gasteiger partial charge in [0.2, 0.25) is 0 Å². The number of hydrogen-bond acceptors (Lipinski definition) is 6. The van der Waals surface area contributed by atoms with Crippen molar-refractivity contribution in [2.75, 3.05) is 10.5 Å². The van der Waals surface area contributed by atoms with Gasteiger partial charge in [-0.2, -0.15) is 9.19 Å².